The number of terminal acetylenes is 1. The van der Waals surface area contributed by atoms with Gasteiger partial charge in [0.05, 0.1) is 18.9 Å². The molecule has 0 aliphatic heterocycles. The smallest absolute Gasteiger partial charge is 0.258 e. The van der Waals surface area contributed by atoms with E-state index in [0.717, 1.165) is 0 Å². The monoisotopic (exact) mass is 348 g/mol. The Labute approximate surface area is 150 Å². The molecule has 0 atom stereocenters. The maximum atomic E-state index is 11.2. The Bertz CT molecular complexity index is 958. The molecule has 1 amide bonds. The van der Waals surface area contributed by atoms with E-state index >= 15 is 0 Å². The van der Waals surface area contributed by atoms with Crippen LogP contribution in [-0.2, 0) is 4.79 Å². The van der Waals surface area contributed by atoms with E-state index in [0.29, 0.717) is 41.0 Å². The van der Waals surface area contributed by atoms with Gasteiger partial charge in [-0.15, -0.1) is 6.42 Å². The van der Waals surface area contributed by atoms with Gasteiger partial charge in [0.2, 0.25) is 11.7 Å². The van der Waals surface area contributed by atoms with Crippen LogP contribution in [0, 0.1) is 12.3 Å². The second-order valence-electron chi connectivity index (χ2n) is 5.51. The van der Waals surface area contributed by atoms with Gasteiger partial charge >= 0.3 is 0 Å². The summed E-state index contributed by atoms with van der Waals surface area (Å²) in [4.78, 5) is 25.9. The molecule has 130 valence electrons. The molecule has 1 aromatic carbocycles. The second-order valence-corrected chi connectivity index (χ2v) is 5.51. The molecule has 0 aliphatic rings. The van der Waals surface area contributed by atoms with Gasteiger partial charge in [0.25, 0.3) is 5.89 Å². The van der Waals surface area contributed by atoms with E-state index in [4.69, 9.17) is 10.9 Å². The molecule has 0 bridgehead atoms. The number of anilines is 2. The minimum Gasteiger partial charge on any atom is -0.347 e. The lowest BCUT2D eigenvalue weighted by atomic mass is 10.2. The van der Waals surface area contributed by atoms with E-state index in [1.807, 2.05) is 13.1 Å². The number of carbonyl (C=O) groups is 1. The molecule has 2 aromatic heterocycles. The molecule has 26 heavy (non-hydrogen) atoms. The van der Waals surface area contributed by atoms with Gasteiger partial charge in [-0.1, -0.05) is 17.1 Å². The Kier molecular flexibility index (Phi) is 4.90. The van der Waals surface area contributed by atoms with Crippen molar-refractivity contribution in [1.29, 1.82) is 0 Å². The van der Waals surface area contributed by atoms with Crippen LogP contribution in [0.25, 0.3) is 23.0 Å². The van der Waals surface area contributed by atoms with Crippen LogP contribution in [0.5, 0.6) is 0 Å². The van der Waals surface area contributed by atoms with Crippen molar-refractivity contribution in [3.63, 3.8) is 0 Å². The van der Waals surface area contributed by atoms with Gasteiger partial charge in [-0.3, -0.25) is 4.79 Å². The highest BCUT2D eigenvalue weighted by Gasteiger charge is 2.13. The van der Waals surface area contributed by atoms with E-state index < -0.39 is 0 Å². The van der Waals surface area contributed by atoms with Gasteiger partial charge in [-0.05, 0) is 18.2 Å². The summed E-state index contributed by atoms with van der Waals surface area (Å²) in [6, 6.07) is 7.13. The summed E-state index contributed by atoms with van der Waals surface area (Å²) in [5.74, 6) is 3.68. The second kappa shape index (κ2) is 7.44. The summed E-state index contributed by atoms with van der Waals surface area (Å²) in [6.45, 7) is 1.88. The summed E-state index contributed by atoms with van der Waals surface area (Å²) < 4.78 is 5.30. The SMILES string of the molecule is C#CCN(C)c1cnc(-c2noc(-c3cccc(NC(C)=O)c3)n2)cn1. The molecule has 0 aliphatic carbocycles. The van der Waals surface area contributed by atoms with Crippen LogP contribution in [0.1, 0.15) is 6.92 Å². The molecule has 1 N–H and O–H groups in total. The molecule has 8 nitrogen and oxygen atoms in total. The van der Waals surface area contributed by atoms with Gasteiger partial charge < -0.3 is 14.7 Å². The first kappa shape index (κ1) is 17.1. The normalized spacial score (nSPS) is 10.2. The summed E-state index contributed by atoms with van der Waals surface area (Å²) in [5, 5.41) is 6.65. The van der Waals surface area contributed by atoms with Crippen LogP contribution < -0.4 is 10.2 Å². The first-order valence-electron chi connectivity index (χ1n) is 7.75. The van der Waals surface area contributed by atoms with Gasteiger partial charge in [-0.2, -0.15) is 4.98 Å². The quantitative estimate of drug-likeness (QED) is 0.706. The lowest BCUT2D eigenvalue weighted by molar-refractivity contribution is -0.114. The average molecular weight is 348 g/mol. The zero-order chi connectivity index (χ0) is 18.5. The molecular formula is C18H16N6O2. The Hall–Kier alpha value is -3.73. The average Bonchev–Trinajstić information content (AvgIpc) is 3.12. The summed E-state index contributed by atoms with van der Waals surface area (Å²) in [7, 11) is 1.83. The maximum absolute atomic E-state index is 11.2. The fraction of sp³-hybridized carbons (Fsp3) is 0.167. The van der Waals surface area contributed by atoms with Crippen LogP contribution in [0.4, 0.5) is 11.5 Å². The standard InChI is InChI=1S/C18H16N6O2/c1-4-8-24(3)16-11-19-15(10-20-16)17-22-18(26-23-17)13-6-5-7-14(9-13)21-12(2)25/h1,5-7,9-11H,8H2,2-3H3,(H,21,25). The van der Waals surface area contributed by atoms with E-state index in [-0.39, 0.29) is 5.91 Å². The molecule has 0 fully saturated rings. The number of nitrogens with one attached hydrogen (secondary N) is 1. The van der Waals surface area contributed by atoms with Gasteiger partial charge in [0.1, 0.15) is 11.5 Å². The van der Waals surface area contributed by atoms with Crippen molar-refractivity contribution in [3.8, 4) is 35.3 Å². The van der Waals surface area contributed by atoms with Crippen molar-refractivity contribution >= 4 is 17.4 Å². The first-order chi connectivity index (χ1) is 12.6. The van der Waals surface area contributed by atoms with Crippen molar-refractivity contribution in [2.24, 2.45) is 0 Å². The predicted molar refractivity (Wildman–Crippen MR) is 97.2 cm³/mol. The largest absolute Gasteiger partial charge is 0.347 e. The van der Waals surface area contributed by atoms with Gasteiger partial charge in [-0.25, -0.2) is 9.97 Å². The zero-order valence-electron chi connectivity index (χ0n) is 14.3. The Morgan fingerprint density at radius 2 is 2.19 bits per heavy atom. The molecule has 0 saturated carbocycles. The van der Waals surface area contributed by atoms with Crippen molar-refractivity contribution in [2.75, 3.05) is 23.8 Å². The molecule has 3 aromatic rings. The van der Waals surface area contributed by atoms with Crippen LogP contribution >= 0.6 is 0 Å². The van der Waals surface area contributed by atoms with Crippen LogP contribution in [0.3, 0.4) is 0 Å². The Morgan fingerprint density at radius 1 is 1.35 bits per heavy atom. The molecule has 0 saturated heterocycles. The fourth-order valence-electron chi connectivity index (χ4n) is 2.23. The third-order valence-corrected chi connectivity index (χ3v) is 3.44. The zero-order valence-corrected chi connectivity index (χ0v) is 14.3. The highest BCUT2D eigenvalue weighted by Crippen LogP contribution is 2.23. The third kappa shape index (κ3) is 3.84. The van der Waals surface area contributed by atoms with E-state index in [1.54, 1.807) is 35.5 Å². The van der Waals surface area contributed by atoms with Crippen LogP contribution in [0.2, 0.25) is 0 Å². The summed E-state index contributed by atoms with van der Waals surface area (Å²) in [5.41, 5.74) is 1.82. The highest BCUT2D eigenvalue weighted by molar-refractivity contribution is 5.89. The topological polar surface area (TPSA) is 97.0 Å². The minimum absolute atomic E-state index is 0.154. The summed E-state index contributed by atoms with van der Waals surface area (Å²) in [6.07, 6.45) is 8.45. The fourth-order valence-corrected chi connectivity index (χ4v) is 2.23. The Morgan fingerprint density at radius 3 is 2.88 bits per heavy atom. The molecule has 2 heterocycles. The molecule has 3 rings (SSSR count). The van der Waals surface area contributed by atoms with E-state index in [9.17, 15) is 4.79 Å². The number of nitrogens with zero attached hydrogens (tertiary/aromatic N) is 5. The number of hydrogen-bond donors (Lipinski definition) is 1. The van der Waals surface area contributed by atoms with Crippen molar-refractivity contribution in [3.05, 3.63) is 36.7 Å². The maximum Gasteiger partial charge on any atom is 0.258 e. The molecule has 0 radical (unpaired) electrons. The predicted octanol–water partition coefficient (Wildman–Crippen LogP) is 2.22. The number of amides is 1. The number of hydrogen-bond acceptors (Lipinski definition) is 7. The van der Waals surface area contributed by atoms with E-state index in [1.165, 1.54) is 6.92 Å². The molecule has 0 unspecified atom stereocenters. The minimum atomic E-state index is -0.154. The van der Waals surface area contributed by atoms with Crippen molar-refractivity contribution < 1.29 is 9.32 Å². The van der Waals surface area contributed by atoms with Gasteiger partial charge in [0, 0.05) is 25.2 Å². The third-order valence-electron chi connectivity index (χ3n) is 3.44. The first-order valence-corrected chi connectivity index (χ1v) is 7.75. The molecule has 0 spiro atoms. The number of rotatable bonds is 5. The Balaban J connectivity index is 1.82. The highest BCUT2D eigenvalue weighted by atomic mass is 16.5. The van der Waals surface area contributed by atoms with Crippen LogP contribution in [-0.4, -0.2) is 39.6 Å². The van der Waals surface area contributed by atoms with Crippen molar-refractivity contribution in [2.45, 2.75) is 6.92 Å². The summed E-state index contributed by atoms with van der Waals surface area (Å²) >= 11 is 0. The number of benzene rings is 1. The lowest BCUT2D eigenvalue weighted by Gasteiger charge is -2.13. The van der Waals surface area contributed by atoms with Gasteiger partial charge in [0.15, 0.2) is 0 Å². The van der Waals surface area contributed by atoms with Crippen LogP contribution in [0.15, 0.2) is 41.2 Å². The molecule has 8 heteroatoms. The van der Waals surface area contributed by atoms with E-state index in [2.05, 4.69) is 31.3 Å². The lowest BCUT2D eigenvalue weighted by Crippen LogP contribution is -2.18. The number of carbonyl (C=O) groups excluding carboxylic acids is 1. The molecular weight excluding hydrogens is 332 g/mol. The van der Waals surface area contributed by atoms with Crippen molar-refractivity contribution in [1.82, 2.24) is 20.1 Å². The number of aromatic nitrogens is 4.